The first kappa shape index (κ1) is 14.7. The Bertz CT molecular complexity index is 646. The van der Waals surface area contributed by atoms with Crippen molar-refractivity contribution in [3.05, 3.63) is 53.1 Å². The average Bonchev–Trinajstić information content (AvgIpc) is 2.45. The van der Waals surface area contributed by atoms with Crippen molar-refractivity contribution in [1.82, 2.24) is 0 Å². The Balaban J connectivity index is 2.15. The molecule has 2 aromatic rings. The Morgan fingerprint density at radius 1 is 1.14 bits per heavy atom. The van der Waals surface area contributed by atoms with Crippen molar-refractivity contribution < 1.29 is 24.5 Å². The summed E-state index contributed by atoms with van der Waals surface area (Å²) in [5, 5.41) is 19.1. The molecule has 0 saturated carbocycles. The van der Waals surface area contributed by atoms with Gasteiger partial charge >= 0.3 is 5.97 Å². The van der Waals surface area contributed by atoms with Gasteiger partial charge in [-0.1, -0.05) is 29.8 Å². The van der Waals surface area contributed by atoms with E-state index in [1.54, 1.807) is 0 Å². The molecule has 0 aliphatic rings. The number of esters is 1. The summed E-state index contributed by atoms with van der Waals surface area (Å²) in [4.78, 5) is 12.1. The molecule has 0 radical (unpaired) electrons. The Morgan fingerprint density at radius 2 is 1.81 bits per heavy atom. The minimum Gasteiger partial charge on any atom is -0.508 e. The fraction of sp³-hybridized carbons (Fsp3) is 0.188. The van der Waals surface area contributed by atoms with Crippen LogP contribution in [0.4, 0.5) is 0 Å². The smallest absolute Gasteiger partial charge is 0.346 e. The predicted molar refractivity (Wildman–Crippen MR) is 76.6 cm³/mol. The number of rotatable bonds is 4. The zero-order chi connectivity index (χ0) is 15.4. The van der Waals surface area contributed by atoms with Gasteiger partial charge in [0.2, 0.25) is 0 Å². The molecule has 21 heavy (non-hydrogen) atoms. The predicted octanol–water partition coefficient (Wildman–Crippen LogP) is 2.77. The lowest BCUT2D eigenvalue weighted by Crippen LogP contribution is -2.07. The number of hydrogen-bond donors (Lipinski definition) is 2. The van der Waals surface area contributed by atoms with E-state index in [0.717, 1.165) is 17.2 Å². The van der Waals surface area contributed by atoms with E-state index in [-0.39, 0.29) is 29.4 Å². The molecule has 0 spiro atoms. The molecule has 2 aromatic carbocycles. The van der Waals surface area contributed by atoms with Crippen LogP contribution < -0.4 is 4.74 Å². The maximum absolute atomic E-state index is 12.1. The average molecular weight is 288 g/mol. The number of hydrogen-bond acceptors (Lipinski definition) is 5. The third-order valence-corrected chi connectivity index (χ3v) is 2.98. The summed E-state index contributed by atoms with van der Waals surface area (Å²) in [5.41, 5.74) is 1.84. The van der Waals surface area contributed by atoms with E-state index in [2.05, 4.69) is 0 Å². The van der Waals surface area contributed by atoms with Crippen molar-refractivity contribution in [2.24, 2.45) is 0 Å². The first-order valence-electron chi connectivity index (χ1n) is 6.34. The van der Waals surface area contributed by atoms with Crippen LogP contribution >= 0.6 is 0 Å². The lowest BCUT2D eigenvalue weighted by Gasteiger charge is -2.11. The van der Waals surface area contributed by atoms with Gasteiger partial charge in [-0.15, -0.1) is 0 Å². The van der Waals surface area contributed by atoms with Crippen LogP contribution in [0.1, 0.15) is 21.5 Å². The van der Waals surface area contributed by atoms with E-state index in [1.807, 2.05) is 31.2 Å². The fourth-order valence-electron chi connectivity index (χ4n) is 1.86. The van der Waals surface area contributed by atoms with Crippen LogP contribution in [0.25, 0.3) is 0 Å². The van der Waals surface area contributed by atoms with Crippen molar-refractivity contribution in [2.45, 2.75) is 13.5 Å². The fourth-order valence-corrected chi connectivity index (χ4v) is 1.86. The zero-order valence-electron chi connectivity index (χ0n) is 11.8. The van der Waals surface area contributed by atoms with Gasteiger partial charge in [0.1, 0.15) is 29.4 Å². The highest BCUT2D eigenvalue weighted by Crippen LogP contribution is 2.33. The summed E-state index contributed by atoms with van der Waals surface area (Å²) in [6.45, 7) is 2.05. The number of carbonyl (C=O) groups is 1. The van der Waals surface area contributed by atoms with Gasteiger partial charge in [0, 0.05) is 12.1 Å². The molecule has 5 nitrogen and oxygen atoms in total. The molecule has 0 amide bonds. The van der Waals surface area contributed by atoms with E-state index in [1.165, 1.54) is 13.2 Å². The summed E-state index contributed by atoms with van der Waals surface area (Å²) in [6.07, 6.45) is 0. The Morgan fingerprint density at radius 3 is 2.43 bits per heavy atom. The molecule has 0 unspecified atom stereocenters. The van der Waals surface area contributed by atoms with Crippen LogP contribution in [0.2, 0.25) is 0 Å². The monoisotopic (exact) mass is 288 g/mol. The quantitative estimate of drug-likeness (QED) is 0.846. The van der Waals surface area contributed by atoms with Crippen molar-refractivity contribution in [3.63, 3.8) is 0 Å². The topological polar surface area (TPSA) is 76.0 Å². The molecule has 0 heterocycles. The summed E-state index contributed by atoms with van der Waals surface area (Å²) >= 11 is 0. The standard InChI is InChI=1S/C16H16O5/c1-10-3-5-11(6-4-10)9-21-16(19)15-13(18)7-12(17)8-14(15)20-2/h3-8,17-18H,9H2,1-2H3. The summed E-state index contributed by atoms with van der Waals surface area (Å²) < 4.78 is 10.1. The highest BCUT2D eigenvalue weighted by atomic mass is 16.5. The third kappa shape index (κ3) is 3.45. The lowest BCUT2D eigenvalue weighted by molar-refractivity contribution is 0.0465. The molecule has 0 fully saturated rings. The summed E-state index contributed by atoms with van der Waals surface area (Å²) in [5.74, 6) is -1.24. The van der Waals surface area contributed by atoms with Gasteiger partial charge in [-0.05, 0) is 12.5 Å². The number of aromatic hydroxyl groups is 2. The number of benzene rings is 2. The molecule has 2 N–H and O–H groups in total. The molecule has 0 saturated heterocycles. The SMILES string of the molecule is COc1cc(O)cc(O)c1C(=O)OCc1ccc(C)cc1. The number of carbonyl (C=O) groups excluding carboxylic acids is 1. The van der Waals surface area contributed by atoms with Crippen molar-refractivity contribution in [2.75, 3.05) is 7.11 Å². The Labute approximate surface area is 122 Å². The summed E-state index contributed by atoms with van der Waals surface area (Å²) in [7, 11) is 1.34. The largest absolute Gasteiger partial charge is 0.508 e. The summed E-state index contributed by atoms with van der Waals surface area (Å²) in [6, 6.07) is 9.85. The second-order valence-corrected chi connectivity index (χ2v) is 4.60. The van der Waals surface area contributed by atoms with E-state index in [9.17, 15) is 15.0 Å². The number of phenols is 2. The molecule has 5 heteroatoms. The molecule has 0 aliphatic heterocycles. The van der Waals surface area contributed by atoms with E-state index < -0.39 is 5.97 Å². The van der Waals surface area contributed by atoms with Crippen LogP contribution in [0.15, 0.2) is 36.4 Å². The normalized spacial score (nSPS) is 10.2. The van der Waals surface area contributed by atoms with Gasteiger partial charge in [-0.3, -0.25) is 0 Å². The number of ether oxygens (including phenoxy) is 2. The van der Waals surface area contributed by atoms with Crippen LogP contribution in [0.5, 0.6) is 17.2 Å². The maximum atomic E-state index is 12.1. The van der Waals surface area contributed by atoms with Crippen molar-refractivity contribution >= 4 is 5.97 Å². The lowest BCUT2D eigenvalue weighted by atomic mass is 10.1. The molecular formula is C16H16O5. The first-order chi connectivity index (χ1) is 10.0. The molecular weight excluding hydrogens is 272 g/mol. The molecule has 0 bridgehead atoms. The van der Waals surface area contributed by atoms with Crippen LogP contribution in [0.3, 0.4) is 0 Å². The molecule has 0 aliphatic carbocycles. The van der Waals surface area contributed by atoms with Crippen molar-refractivity contribution in [3.8, 4) is 17.2 Å². The van der Waals surface area contributed by atoms with Gasteiger partial charge in [0.05, 0.1) is 7.11 Å². The van der Waals surface area contributed by atoms with E-state index >= 15 is 0 Å². The third-order valence-electron chi connectivity index (χ3n) is 2.98. The second kappa shape index (κ2) is 6.17. The highest BCUT2D eigenvalue weighted by Gasteiger charge is 2.20. The van der Waals surface area contributed by atoms with Crippen molar-refractivity contribution in [1.29, 1.82) is 0 Å². The molecule has 0 aromatic heterocycles. The van der Waals surface area contributed by atoms with Gasteiger partial charge < -0.3 is 19.7 Å². The molecule has 110 valence electrons. The molecule has 0 atom stereocenters. The number of methoxy groups -OCH3 is 1. The van der Waals surface area contributed by atoms with E-state index in [0.29, 0.717) is 0 Å². The van der Waals surface area contributed by atoms with Crippen LogP contribution in [0, 0.1) is 6.92 Å². The zero-order valence-corrected chi connectivity index (χ0v) is 11.8. The van der Waals surface area contributed by atoms with Gasteiger partial charge in [-0.25, -0.2) is 4.79 Å². The minimum atomic E-state index is -0.718. The molecule has 2 rings (SSSR count). The van der Waals surface area contributed by atoms with Gasteiger partial charge in [-0.2, -0.15) is 0 Å². The van der Waals surface area contributed by atoms with Crippen LogP contribution in [-0.4, -0.2) is 23.3 Å². The highest BCUT2D eigenvalue weighted by molar-refractivity contribution is 5.95. The van der Waals surface area contributed by atoms with Gasteiger partial charge in [0.25, 0.3) is 0 Å². The Kier molecular flexibility index (Phi) is 4.33. The van der Waals surface area contributed by atoms with E-state index in [4.69, 9.17) is 9.47 Å². The number of phenolic OH excluding ortho intramolecular Hbond substituents is 2. The van der Waals surface area contributed by atoms with Gasteiger partial charge in [0.15, 0.2) is 0 Å². The van der Waals surface area contributed by atoms with Crippen LogP contribution in [-0.2, 0) is 11.3 Å². The Hall–Kier alpha value is -2.69. The minimum absolute atomic E-state index is 0.0569. The second-order valence-electron chi connectivity index (χ2n) is 4.60. The number of aryl methyl sites for hydroxylation is 1. The first-order valence-corrected chi connectivity index (χ1v) is 6.34. The maximum Gasteiger partial charge on any atom is 0.346 e.